The molecule has 1 fully saturated rings. The topological polar surface area (TPSA) is 59.0 Å². The van der Waals surface area contributed by atoms with Gasteiger partial charge in [0.2, 0.25) is 0 Å². The molecule has 2 aliphatic rings. The Labute approximate surface area is 93.8 Å². The van der Waals surface area contributed by atoms with E-state index in [1.807, 2.05) is 0 Å². The Balaban J connectivity index is 1.84. The molecule has 1 saturated heterocycles. The summed E-state index contributed by atoms with van der Waals surface area (Å²) < 4.78 is 7.07. The molecular formula is C11H17N3O2. The lowest BCUT2D eigenvalue weighted by Gasteiger charge is -2.10. The smallest absolute Gasteiger partial charge is 0.270 e. The monoisotopic (exact) mass is 223 g/mol. The fraction of sp³-hybridized carbons (Fsp3) is 0.727. The van der Waals surface area contributed by atoms with E-state index in [9.17, 15) is 4.79 Å². The number of H-pyrrole nitrogens is 1. The highest BCUT2D eigenvalue weighted by molar-refractivity contribution is 5.18. The molecule has 0 saturated carbocycles. The van der Waals surface area contributed by atoms with E-state index in [-0.39, 0.29) is 5.56 Å². The van der Waals surface area contributed by atoms with E-state index in [1.165, 1.54) is 6.42 Å². The van der Waals surface area contributed by atoms with E-state index >= 15 is 0 Å². The predicted molar refractivity (Wildman–Crippen MR) is 59.4 cm³/mol. The second-order valence-corrected chi connectivity index (χ2v) is 4.58. The first-order chi connectivity index (χ1) is 7.84. The second-order valence-electron chi connectivity index (χ2n) is 4.58. The van der Waals surface area contributed by atoms with Gasteiger partial charge in [-0.15, -0.1) is 0 Å². The summed E-state index contributed by atoms with van der Waals surface area (Å²) in [5.74, 6) is 0. The zero-order valence-corrected chi connectivity index (χ0v) is 9.29. The molecule has 0 aliphatic carbocycles. The second kappa shape index (κ2) is 4.07. The first kappa shape index (κ1) is 10.1. The first-order valence-corrected chi connectivity index (χ1v) is 5.96. The summed E-state index contributed by atoms with van der Waals surface area (Å²) in [5, 5.41) is 6.57. The van der Waals surface area contributed by atoms with Crippen molar-refractivity contribution >= 4 is 0 Å². The van der Waals surface area contributed by atoms with Crippen LogP contribution in [0.25, 0.3) is 0 Å². The van der Waals surface area contributed by atoms with E-state index in [2.05, 4.69) is 10.4 Å². The van der Waals surface area contributed by atoms with Crippen LogP contribution in [0, 0.1) is 0 Å². The lowest BCUT2D eigenvalue weighted by Crippen LogP contribution is -2.32. The summed E-state index contributed by atoms with van der Waals surface area (Å²) in [5.41, 5.74) is 2.03. The zero-order chi connectivity index (χ0) is 11.0. The standard InChI is InChI=1S/C11H17N3O2/c15-11-9-3-5-16-7-10(9)13-14(11)6-8-2-1-4-12-8/h8,12-13H,1-7H2. The van der Waals surface area contributed by atoms with Crippen molar-refractivity contribution in [3.8, 4) is 0 Å². The molecule has 2 N–H and O–H groups in total. The molecule has 5 heteroatoms. The number of ether oxygens (including phenoxy) is 1. The van der Waals surface area contributed by atoms with Crippen LogP contribution in [0.4, 0.5) is 0 Å². The van der Waals surface area contributed by atoms with Gasteiger partial charge in [-0.2, -0.15) is 0 Å². The van der Waals surface area contributed by atoms with Crippen LogP contribution < -0.4 is 10.9 Å². The highest BCUT2D eigenvalue weighted by atomic mass is 16.5. The third-order valence-corrected chi connectivity index (χ3v) is 3.45. The summed E-state index contributed by atoms with van der Waals surface area (Å²) in [6.45, 7) is 3.05. The van der Waals surface area contributed by atoms with Crippen molar-refractivity contribution in [3.05, 3.63) is 21.6 Å². The highest BCUT2D eigenvalue weighted by Gasteiger charge is 2.21. The molecule has 0 amide bonds. The van der Waals surface area contributed by atoms with Gasteiger partial charge in [0.15, 0.2) is 0 Å². The quantitative estimate of drug-likeness (QED) is 0.742. The Morgan fingerprint density at radius 1 is 1.50 bits per heavy atom. The Bertz CT molecular complexity index is 429. The van der Waals surface area contributed by atoms with Crippen LogP contribution in [-0.2, 0) is 24.3 Å². The molecule has 1 atom stereocenters. The fourth-order valence-electron chi connectivity index (χ4n) is 2.56. The van der Waals surface area contributed by atoms with Gasteiger partial charge in [-0.05, 0) is 19.4 Å². The summed E-state index contributed by atoms with van der Waals surface area (Å²) in [4.78, 5) is 12.0. The largest absolute Gasteiger partial charge is 0.375 e. The number of fused-ring (bicyclic) bond motifs is 1. The normalized spacial score (nSPS) is 24.6. The Hall–Kier alpha value is -1.07. The lowest BCUT2D eigenvalue weighted by molar-refractivity contribution is 0.108. The van der Waals surface area contributed by atoms with Crippen LogP contribution in [0.2, 0.25) is 0 Å². The molecule has 1 aromatic rings. The van der Waals surface area contributed by atoms with Gasteiger partial charge >= 0.3 is 0 Å². The molecule has 0 aromatic carbocycles. The summed E-state index contributed by atoms with van der Waals surface area (Å²) in [7, 11) is 0. The average Bonchev–Trinajstić information content (AvgIpc) is 2.90. The molecule has 0 bridgehead atoms. The molecule has 16 heavy (non-hydrogen) atoms. The van der Waals surface area contributed by atoms with Crippen LogP contribution in [-0.4, -0.2) is 29.0 Å². The molecule has 0 spiro atoms. The molecule has 0 radical (unpaired) electrons. The number of aromatic nitrogens is 2. The van der Waals surface area contributed by atoms with E-state index in [0.717, 1.165) is 37.2 Å². The number of aromatic amines is 1. The van der Waals surface area contributed by atoms with Gasteiger partial charge in [-0.3, -0.25) is 14.6 Å². The Morgan fingerprint density at radius 2 is 2.44 bits per heavy atom. The summed E-state index contributed by atoms with van der Waals surface area (Å²) in [6, 6.07) is 0.443. The first-order valence-electron chi connectivity index (χ1n) is 5.96. The van der Waals surface area contributed by atoms with Crippen molar-refractivity contribution in [2.24, 2.45) is 0 Å². The van der Waals surface area contributed by atoms with Gasteiger partial charge in [-0.25, -0.2) is 0 Å². The van der Waals surface area contributed by atoms with E-state index in [0.29, 0.717) is 19.3 Å². The lowest BCUT2D eigenvalue weighted by atomic mass is 10.1. The molecule has 2 aliphatic heterocycles. The highest BCUT2D eigenvalue weighted by Crippen LogP contribution is 2.12. The maximum absolute atomic E-state index is 12.0. The van der Waals surface area contributed by atoms with Crippen molar-refractivity contribution in [2.45, 2.75) is 38.5 Å². The van der Waals surface area contributed by atoms with Crippen molar-refractivity contribution in [1.29, 1.82) is 0 Å². The van der Waals surface area contributed by atoms with Gasteiger partial charge in [0.25, 0.3) is 5.56 Å². The van der Waals surface area contributed by atoms with Crippen LogP contribution in [0.15, 0.2) is 4.79 Å². The molecule has 3 rings (SSSR count). The van der Waals surface area contributed by atoms with Crippen LogP contribution in [0.1, 0.15) is 24.1 Å². The molecule has 5 nitrogen and oxygen atoms in total. The third kappa shape index (κ3) is 1.70. The van der Waals surface area contributed by atoms with Crippen LogP contribution >= 0.6 is 0 Å². The molecular weight excluding hydrogens is 206 g/mol. The number of hydrogen-bond acceptors (Lipinski definition) is 3. The minimum atomic E-state index is 0.145. The fourth-order valence-corrected chi connectivity index (χ4v) is 2.56. The number of nitrogens with one attached hydrogen (secondary N) is 2. The van der Waals surface area contributed by atoms with E-state index in [1.54, 1.807) is 4.68 Å². The van der Waals surface area contributed by atoms with Gasteiger partial charge in [-0.1, -0.05) is 0 Å². The van der Waals surface area contributed by atoms with Crippen molar-refractivity contribution in [3.63, 3.8) is 0 Å². The van der Waals surface area contributed by atoms with Gasteiger partial charge < -0.3 is 10.1 Å². The number of nitrogens with zero attached hydrogens (tertiary/aromatic N) is 1. The number of rotatable bonds is 2. The van der Waals surface area contributed by atoms with Crippen LogP contribution in [0.3, 0.4) is 0 Å². The van der Waals surface area contributed by atoms with Gasteiger partial charge in [0.1, 0.15) is 0 Å². The van der Waals surface area contributed by atoms with Crippen molar-refractivity contribution in [2.75, 3.05) is 13.2 Å². The van der Waals surface area contributed by atoms with Crippen molar-refractivity contribution < 1.29 is 4.74 Å². The predicted octanol–water partition coefficient (Wildman–Crippen LogP) is 0.00110. The molecule has 3 heterocycles. The van der Waals surface area contributed by atoms with Gasteiger partial charge in [0.05, 0.1) is 25.5 Å². The minimum absolute atomic E-state index is 0.145. The Morgan fingerprint density at radius 3 is 3.19 bits per heavy atom. The van der Waals surface area contributed by atoms with E-state index < -0.39 is 0 Å². The van der Waals surface area contributed by atoms with Crippen molar-refractivity contribution in [1.82, 2.24) is 15.1 Å². The molecule has 88 valence electrons. The van der Waals surface area contributed by atoms with Crippen LogP contribution in [0.5, 0.6) is 0 Å². The zero-order valence-electron chi connectivity index (χ0n) is 9.29. The maximum Gasteiger partial charge on any atom is 0.270 e. The molecule has 1 aromatic heterocycles. The van der Waals surface area contributed by atoms with E-state index in [4.69, 9.17) is 4.74 Å². The molecule has 1 unspecified atom stereocenters. The maximum atomic E-state index is 12.0. The number of hydrogen-bond donors (Lipinski definition) is 2. The summed E-state index contributed by atoms with van der Waals surface area (Å²) in [6.07, 6.45) is 3.12. The Kier molecular flexibility index (Phi) is 2.57. The van der Waals surface area contributed by atoms with Gasteiger partial charge in [0, 0.05) is 18.0 Å². The minimum Gasteiger partial charge on any atom is -0.375 e. The SMILES string of the molecule is O=c1c2c([nH]n1CC1CCCN1)COCC2. The third-order valence-electron chi connectivity index (χ3n) is 3.45. The summed E-state index contributed by atoms with van der Waals surface area (Å²) >= 11 is 0. The average molecular weight is 223 g/mol.